The molecule has 2 bridgehead atoms. The SMILES string of the molecule is CC1(C)C(Oc2ccc(C#N)c(Cl)c2)C(C)(C)C1N1C(=O)CC[C@@H](N2C(=O)c3ccc(N4C[C@H]5C[C@@H]4CN5CC4CCN(c5ccc(C(N)=O)cn5)CC4)cc3C2=O)C1=O. The number of amides is 5. The normalized spacial score (nSPS) is 27.3. The van der Waals surface area contributed by atoms with Crippen LogP contribution in [-0.4, -0.2) is 112 Å². The number of nitrogens with zero attached hydrogens (tertiary/aromatic N) is 7. The number of piperazine rings is 1. The number of nitriles is 1. The third kappa shape index (κ3) is 6.39. The van der Waals surface area contributed by atoms with Gasteiger partial charge in [0.2, 0.25) is 11.8 Å². The molecule has 9 rings (SSSR count). The molecule has 6 aliphatic rings. The lowest BCUT2D eigenvalue weighted by Crippen LogP contribution is -2.77. The summed E-state index contributed by atoms with van der Waals surface area (Å²) in [4.78, 5) is 81.7. The Morgan fingerprint density at radius 1 is 0.917 bits per heavy atom. The van der Waals surface area contributed by atoms with Crippen molar-refractivity contribution in [2.75, 3.05) is 42.5 Å². The van der Waals surface area contributed by atoms with Gasteiger partial charge in [-0.3, -0.25) is 38.7 Å². The number of likely N-dealkylation sites (tertiary alicyclic amines) is 2. The highest BCUT2D eigenvalue weighted by Crippen LogP contribution is 2.58. The lowest BCUT2D eigenvalue weighted by Gasteiger charge is -2.65. The Morgan fingerprint density at radius 3 is 2.28 bits per heavy atom. The molecule has 6 heterocycles. The molecule has 5 fully saturated rings. The summed E-state index contributed by atoms with van der Waals surface area (Å²) < 4.78 is 6.41. The minimum Gasteiger partial charge on any atom is -0.489 e. The molecule has 5 aliphatic heterocycles. The van der Waals surface area contributed by atoms with E-state index in [0.29, 0.717) is 34.9 Å². The van der Waals surface area contributed by atoms with Gasteiger partial charge in [0.1, 0.15) is 29.8 Å². The number of aromatic nitrogens is 1. The first-order valence-electron chi connectivity index (χ1n) is 20.8. The topological polar surface area (TPSA) is 173 Å². The summed E-state index contributed by atoms with van der Waals surface area (Å²) in [5.74, 6) is -0.477. The van der Waals surface area contributed by atoms with Gasteiger partial charge in [-0.2, -0.15) is 5.26 Å². The van der Waals surface area contributed by atoms with Crippen molar-refractivity contribution in [2.24, 2.45) is 22.5 Å². The molecule has 1 aliphatic carbocycles. The van der Waals surface area contributed by atoms with Crippen LogP contribution in [0, 0.1) is 28.1 Å². The Bertz CT molecular complexity index is 2340. The van der Waals surface area contributed by atoms with E-state index in [-0.39, 0.29) is 34.9 Å². The number of fused-ring (bicyclic) bond motifs is 3. The van der Waals surface area contributed by atoms with Crippen LogP contribution < -0.4 is 20.3 Å². The Labute approximate surface area is 354 Å². The maximum atomic E-state index is 14.4. The van der Waals surface area contributed by atoms with Crippen LogP contribution >= 0.6 is 11.6 Å². The molecule has 5 amide bonds. The summed E-state index contributed by atoms with van der Waals surface area (Å²) in [6, 6.07) is 14.9. The van der Waals surface area contributed by atoms with Crippen LogP contribution in [0.2, 0.25) is 5.02 Å². The van der Waals surface area contributed by atoms with Crippen LogP contribution in [0.15, 0.2) is 54.7 Å². The number of carbonyl (C=O) groups excluding carboxylic acids is 5. The average Bonchev–Trinajstić information content (AvgIpc) is 3.90. The van der Waals surface area contributed by atoms with Crippen molar-refractivity contribution in [3.05, 3.63) is 82.0 Å². The predicted octanol–water partition coefficient (Wildman–Crippen LogP) is 4.88. The number of pyridine rings is 1. The monoisotopic (exact) mass is 832 g/mol. The van der Waals surface area contributed by atoms with E-state index in [0.717, 1.165) is 68.4 Å². The Balaban J connectivity index is 0.837. The van der Waals surface area contributed by atoms with Gasteiger partial charge in [-0.25, -0.2) is 4.98 Å². The van der Waals surface area contributed by atoms with Crippen molar-refractivity contribution >= 4 is 52.6 Å². The zero-order chi connectivity index (χ0) is 42.4. The number of anilines is 2. The molecule has 1 aromatic heterocycles. The summed E-state index contributed by atoms with van der Waals surface area (Å²) in [7, 11) is 0. The molecule has 3 aromatic rings. The van der Waals surface area contributed by atoms with E-state index in [1.54, 1.807) is 30.3 Å². The third-order valence-corrected chi connectivity index (χ3v) is 14.4. The van der Waals surface area contributed by atoms with Crippen molar-refractivity contribution in [2.45, 2.75) is 90.1 Å². The molecule has 3 atom stereocenters. The van der Waals surface area contributed by atoms with E-state index in [2.05, 4.69) is 19.7 Å². The fourth-order valence-corrected chi connectivity index (χ4v) is 11.8. The maximum Gasteiger partial charge on any atom is 0.262 e. The van der Waals surface area contributed by atoms with Gasteiger partial charge in [0.05, 0.1) is 33.3 Å². The number of primary amides is 1. The second kappa shape index (κ2) is 14.6. The summed E-state index contributed by atoms with van der Waals surface area (Å²) >= 11 is 6.28. The van der Waals surface area contributed by atoms with Crippen molar-refractivity contribution in [3.63, 3.8) is 0 Å². The highest BCUT2D eigenvalue weighted by atomic mass is 35.5. The predicted molar refractivity (Wildman–Crippen MR) is 223 cm³/mol. The lowest BCUT2D eigenvalue weighted by molar-refractivity contribution is -0.216. The molecule has 1 saturated carbocycles. The van der Waals surface area contributed by atoms with Gasteiger partial charge in [0.25, 0.3) is 17.7 Å². The van der Waals surface area contributed by atoms with Crippen LogP contribution in [0.5, 0.6) is 5.75 Å². The molecular weight excluding hydrogens is 784 g/mol. The minimum atomic E-state index is -1.11. The molecular formula is C45H49ClN8O6. The molecule has 2 aromatic carbocycles. The van der Waals surface area contributed by atoms with Gasteiger partial charge in [0.15, 0.2) is 0 Å². The molecule has 0 unspecified atom stereocenters. The third-order valence-electron chi connectivity index (χ3n) is 14.1. The average molecular weight is 833 g/mol. The fraction of sp³-hybridized carbons (Fsp3) is 0.489. The summed E-state index contributed by atoms with van der Waals surface area (Å²) in [5.41, 5.74) is 6.17. The van der Waals surface area contributed by atoms with Gasteiger partial charge in [-0.15, -0.1) is 0 Å². The molecule has 14 nitrogen and oxygen atoms in total. The van der Waals surface area contributed by atoms with Gasteiger partial charge < -0.3 is 20.3 Å². The van der Waals surface area contributed by atoms with Gasteiger partial charge in [-0.05, 0) is 74.1 Å². The minimum absolute atomic E-state index is 0.0182. The van der Waals surface area contributed by atoms with Crippen molar-refractivity contribution < 1.29 is 28.7 Å². The van der Waals surface area contributed by atoms with Crippen LogP contribution in [0.25, 0.3) is 0 Å². The molecule has 2 N–H and O–H groups in total. The number of nitrogens with two attached hydrogens (primary N) is 1. The van der Waals surface area contributed by atoms with E-state index < -0.39 is 52.6 Å². The number of carbonyl (C=O) groups is 5. The largest absolute Gasteiger partial charge is 0.489 e. The first-order valence-corrected chi connectivity index (χ1v) is 21.2. The van der Waals surface area contributed by atoms with Crippen molar-refractivity contribution in [1.82, 2.24) is 19.7 Å². The van der Waals surface area contributed by atoms with Gasteiger partial charge in [-0.1, -0.05) is 39.3 Å². The summed E-state index contributed by atoms with van der Waals surface area (Å²) in [6.07, 6.45) is 4.35. The van der Waals surface area contributed by atoms with E-state index in [9.17, 15) is 29.2 Å². The first-order chi connectivity index (χ1) is 28.6. The van der Waals surface area contributed by atoms with Crippen LogP contribution in [0.1, 0.15) is 96.4 Å². The molecule has 312 valence electrons. The van der Waals surface area contributed by atoms with E-state index >= 15 is 0 Å². The number of rotatable bonds is 9. The van der Waals surface area contributed by atoms with Crippen molar-refractivity contribution in [3.8, 4) is 11.8 Å². The molecule has 60 heavy (non-hydrogen) atoms. The molecule has 15 heteroatoms. The summed E-state index contributed by atoms with van der Waals surface area (Å²) in [6.45, 7) is 12.4. The van der Waals surface area contributed by atoms with Crippen molar-refractivity contribution in [1.29, 1.82) is 5.26 Å². The number of hydrogen-bond acceptors (Lipinski definition) is 11. The number of halogens is 1. The van der Waals surface area contributed by atoms with Crippen LogP contribution in [-0.2, 0) is 9.59 Å². The number of imide groups is 2. The van der Waals surface area contributed by atoms with Gasteiger partial charge in [0, 0.05) is 80.0 Å². The molecule has 0 spiro atoms. The highest BCUT2D eigenvalue weighted by molar-refractivity contribution is 6.31. The highest BCUT2D eigenvalue weighted by Gasteiger charge is 2.68. The first kappa shape index (κ1) is 39.9. The molecule has 4 saturated heterocycles. The Hall–Kier alpha value is -5.52. The van der Waals surface area contributed by atoms with Gasteiger partial charge >= 0.3 is 0 Å². The van der Waals surface area contributed by atoms with E-state index in [1.807, 2.05) is 52.0 Å². The second-order valence-corrected chi connectivity index (χ2v) is 18.9. The smallest absolute Gasteiger partial charge is 0.262 e. The second-order valence-electron chi connectivity index (χ2n) is 18.5. The Kier molecular flexibility index (Phi) is 9.71. The number of piperidine rings is 2. The zero-order valence-corrected chi connectivity index (χ0v) is 35.0. The quantitative estimate of drug-likeness (QED) is 0.291. The summed E-state index contributed by atoms with van der Waals surface area (Å²) in [5, 5.41) is 9.56. The number of ether oxygens (including phenoxy) is 1. The van der Waals surface area contributed by atoms with E-state index in [4.69, 9.17) is 22.1 Å². The standard InChI is InChI=1S/C45H49ClN8O6/c1-44(2)42(45(3,4)43(44)60-31-8-5-26(20-47)34(46)19-31)54-37(55)12-10-35(41(54)59)53-39(57)32-9-7-28(18-33(32)40(53)58)52-24-29-17-30(52)23-51(29)22-25-13-15-50(16-14-25)36-11-6-27(21-49-36)38(48)56/h5-9,11,18-19,21,25,29-30,35,42-43H,10,12-17,22-24H2,1-4H3,(H2,48,56)/t29-,30-,35-,42?,43?/m1/s1. The van der Waals surface area contributed by atoms with Crippen LogP contribution in [0.4, 0.5) is 11.5 Å². The molecule has 0 radical (unpaired) electrons. The van der Waals surface area contributed by atoms with E-state index in [1.165, 1.54) is 11.1 Å². The maximum absolute atomic E-state index is 14.4. The lowest BCUT2D eigenvalue weighted by atomic mass is 9.48. The zero-order valence-electron chi connectivity index (χ0n) is 34.3. The number of hydrogen-bond donors (Lipinski definition) is 1. The number of benzene rings is 2. The Morgan fingerprint density at radius 2 is 1.65 bits per heavy atom. The fourth-order valence-electron chi connectivity index (χ4n) is 11.6. The van der Waals surface area contributed by atoms with Crippen LogP contribution in [0.3, 0.4) is 0 Å².